The molecular formula is C11H7Cl2NO5S. The molecule has 0 spiro atoms. The van der Waals surface area contributed by atoms with Gasteiger partial charge in [0.05, 0.1) is 26.7 Å². The number of benzene rings is 1. The number of aromatic carboxylic acids is 1. The van der Waals surface area contributed by atoms with E-state index in [-0.39, 0.29) is 26.3 Å². The highest BCUT2D eigenvalue weighted by Crippen LogP contribution is 2.30. The number of carboxylic acid groups (broad SMARTS) is 1. The molecular weight excluding hydrogens is 329 g/mol. The Morgan fingerprint density at radius 1 is 1.30 bits per heavy atom. The third kappa shape index (κ3) is 2.95. The van der Waals surface area contributed by atoms with Gasteiger partial charge in [-0.25, -0.2) is 13.2 Å². The number of hydrogen-bond donors (Lipinski definition) is 1. The van der Waals surface area contributed by atoms with Gasteiger partial charge >= 0.3 is 5.97 Å². The van der Waals surface area contributed by atoms with E-state index in [2.05, 4.69) is 5.16 Å². The molecule has 20 heavy (non-hydrogen) atoms. The number of halogens is 2. The lowest BCUT2D eigenvalue weighted by molar-refractivity contribution is 0.0697. The van der Waals surface area contributed by atoms with Crippen LogP contribution in [-0.4, -0.2) is 24.7 Å². The van der Waals surface area contributed by atoms with Crippen molar-refractivity contribution in [1.29, 1.82) is 0 Å². The van der Waals surface area contributed by atoms with Crippen LogP contribution in [-0.2, 0) is 15.6 Å². The second-order valence-electron chi connectivity index (χ2n) is 3.81. The summed E-state index contributed by atoms with van der Waals surface area (Å²) in [5, 5.41) is 12.1. The first-order valence-corrected chi connectivity index (χ1v) is 7.57. The Bertz CT molecular complexity index is 755. The quantitative estimate of drug-likeness (QED) is 0.922. The second kappa shape index (κ2) is 5.43. The number of rotatable bonds is 4. The zero-order chi connectivity index (χ0) is 14.9. The Kier molecular flexibility index (Phi) is 4.03. The van der Waals surface area contributed by atoms with Crippen molar-refractivity contribution in [2.75, 3.05) is 0 Å². The Balaban J connectivity index is 2.51. The number of nitrogens with zero attached hydrogens (tertiary/aromatic N) is 1. The minimum atomic E-state index is -3.87. The molecule has 106 valence electrons. The van der Waals surface area contributed by atoms with Gasteiger partial charge in [-0.2, -0.15) is 0 Å². The van der Waals surface area contributed by atoms with Gasteiger partial charge in [0.15, 0.2) is 15.6 Å². The van der Waals surface area contributed by atoms with Crippen LogP contribution in [0.15, 0.2) is 33.8 Å². The van der Waals surface area contributed by atoms with Gasteiger partial charge in [-0.1, -0.05) is 28.4 Å². The molecule has 2 aromatic rings. The summed E-state index contributed by atoms with van der Waals surface area (Å²) in [5.74, 6) is -1.70. The second-order valence-corrected chi connectivity index (χ2v) is 6.58. The van der Waals surface area contributed by atoms with Gasteiger partial charge in [0.2, 0.25) is 0 Å². The van der Waals surface area contributed by atoms with Crippen LogP contribution >= 0.6 is 23.2 Å². The van der Waals surface area contributed by atoms with Gasteiger partial charge in [0.1, 0.15) is 5.75 Å². The van der Waals surface area contributed by atoms with Crippen LogP contribution in [0.3, 0.4) is 0 Å². The number of sulfone groups is 1. The highest BCUT2D eigenvalue weighted by atomic mass is 35.5. The van der Waals surface area contributed by atoms with Gasteiger partial charge < -0.3 is 9.63 Å². The van der Waals surface area contributed by atoms with Gasteiger partial charge in [0.25, 0.3) is 0 Å². The first kappa shape index (κ1) is 14.8. The molecule has 0 aliphatic carbocycles. The molecule has 6 nitrogen and oxygen atoms in total. The smallest absolute Gasteiger partial charge is 0.337 e. The molecule has 9 heteroatoms. The van der Waals surface area contributed by atoms with Crippen LogP contribution in [0.2, 0.25) is 10.0 Å². The van der Waals surface area contributed by atoms with Crippen molar-refractivity contribution in [2.45, 2.75) is 10.6 Å². The zero-order valence-corrected chi connectivity index (χ0v) is 12.0. The summed E-state index contributed by atoms with van der Waals surface area (Å²) in [4.78, 5) is 10.7. The van der Waals surface area contributed by atoms with Crippen LogP contribution in [0.4, 0.5) is 0 Å². The summed E-state index contributed by atoms with van der Waals surface area (Å²) in [6.07, 6.45) is 1.30. The molecule has 0 atom stereocenters. The number of aromatic nitrogens is 1. The highest BCUT2D eigenvalue weighted by molar-refractivity contribution is 7.90. The fourth-order valence-electron chi connectivity index (χ4n) is 1.51. The van der Waals surface area contributed by atoms with Crippen LogP contribution in [0, 0.1) is 0 Å². The molecule has 0 amide bonds. The molecule has 0 unspecified atom stereocenters. The van der Waals surface area contributed by atoms with E-state index in [1.54, 1.807) is 0 Å². The van der Waals surface area contributed by atoms with Crippen molar-refractivity contribution >= 4 is 39.0 Å². The van der Waals surface area contributed by atoms with Crippen molar-refractivity contribution in [3.05, 3.63) is 45.8 Å². The molecule has 0 bridgehead atoms. The topological polar surface area (TPSA) is 97.5 Å². The summed E-state index contributed by atoms with van der Waals surface area (Å²) in [5.41, 5.74) is -0.341. The number of hydrogen-bond acceptors (Lipinski definition) is 5. The molecule has 0 aliphatic heterocycles. The van der Waals surface area contributed by atoms with Crippen molar-refractivity contribution in [3.63, 3.8) is 0 Å². The van der Waals surface area contributed by atoms with Crippen LogP contribution in [0.25, 0.3) is 0 Å². The van der Waals surface area contributed by atoms with Crippen molar-refractivity contribution in [3.8, 4) is 0 Å². The largest absolute Gasteiger partial charge is 0.478 e. The number of carbonyl (C=O) groups is 1. The maximum absolute atomic E-state index is 12.2. The van der Waals surface area contributed by atoms with E-state index in [1.807, 2.05) is 0 Å². The molecule has 1 heterocycles. The summed E-state index contributed by atoms with van der Waals surface area (Å²) in [7, 11) is -3.87. The maximum atomic E-state index is 12.2. The average Bonchev–Trinajstić information content (AvgIpc) is 2.79. The minimum Gasteiger partial charge on any atom is -0.478 e. The molecule has 1 aromatic heterocycles. The minimum absolute atomic E-state index is 0.118. The highest BCUT2D eigenvalue weighted by Gasteiger charge is 2.24. The van der Waals surface area contributed by atoms with Gasteiger partial charge in [-0.3, -0.25) is 0 Å². The third-order valence-corrected chi connectivity index (χ3v) is 4.82. The zero-order valence-electron chi connectivity index (χ0n) is 9.71. The van der Waals surface area contributed by atoms with Crippen molar-refractivity contribution in [2.24, 2.45) is 0 Å². The van der Waals surface area contributed by atoms with Crippen molar-refractivity contribution in [1.82, 2.24) is 5.16 Å². The normalized spacial score (nSPS) is 11.5. The predicted octanol–water partition coefficient (Wildman–Crippen LogP) is 2.65. The van der Waals surface area contributed by atoms with Gasteiger partial charge in [-0.15, -0.1) is 0 Å². The fourth-order valence-corrected chi connectivity index (χ4v) is 3.66. The van der Waals surface area contributed by atoms with Crippen molar-refractivity contribution < 1.29 is 22.8 Å². The predicted molar refractivity (Wildman–Crippen MR) is 70.8 cm³/mol. The lowest BCUT2D eigenvalue weighted by Crippen LogP contribution is -2.08. The van der Waals surface area contributed by atoms with Crippen LogP contribution in [0.5, 0.6) is 0 Å². The van der Waals surface area contributed by atoms with E-state index >= 15 is 0 Å². The summed E-state index contributed by atoms with van der Waals surface area (Å²) >= 11 is 11.5. The van der Waals surface area contributed by atoms with E-state index in [1.165, 1.54) is 12.3 Å². The summed E-state index contributed by atoms with van der Waals surface area (Å²) < 4.78 is 29.1. The molecule has 1 aromatic carbocycles. The van der Waals surface area contributed by atoms with E-state index in [0.29, 0.717) is 0 Å². The maximum Gasteiger partial charge on any atom is 0.337 e. The summed E-state index contributed by atoms with van der Waals surface area (Å²) in [6, 6.07) is 3.40. The third-order valence-electron chi connectivity index (χ3n) is 2.41. The lowest BCUT2D eigenvalue weighted by atomic mass is 10.2. The molecule has 1 N–H and O–H groups in total. The molecule has 2 rings (SSSR count). The standard InChI is InChI=1S/C11H7Cl2NO5S/c12-8-4-9(13)10(3-7(8)11(15)16)20(17,18)5-6-1-2-14-19-6/h1-4H,5H2,(H,15,16). The molecule has 0 saturated heterocycles. The van der Waals surface area contributed by atoms with Crippen LogP contribution in [0.1, 0.15) is 16.1 Å². The van der Waals surface area contributed by atoms with E-state index in [0.717, 1.165) is 12.1 Å². The Morgan fingerprint density at radius 2 is 2.00 bits per heavy atom. The monoisotopic (exact) mass is 335 g/mol. The Morgan fingerprint density at radius 3 is 2.55 bits per heavy atom. The van der Waals surface area contributed by atoms with Gasteiger partial charge in [-0.05, 0) is 12.1 Å². The van der Waals surface area contributed by atoms with Gasteiger partial charge in [0, 0.05) is 6.07 Å². The van der Waals surface area contributed by atoms with E-state index < -0.39 is 21.6 Å². The SMILES string of the molecule is O=C(O)c1cc(S(=O)(=O)Cc2ccno2)c(Cl)cc1Cl. The van der Waals surface area contributed by atoms with E-state index in [4.69, 9.17) is 32.8 Å². The van der Waals surface area contributed by atoms with Crippen LogP contribution < -0.4 is 0 Å². The molecule has 0 radical (unpaired) electrons. The molecule has 0 aliphatic rings. The Hall–Kier alpha value is -1.57. The molecule has 0 fully saturated rings. The first-order valence-electron chi connectivity index (χ1n) is 5.16. The lowest BCUT2D eigenvalue weighted by Gasteiger charge is -2.07. The van der Waals surface area contributed by atoms with E-state index in [9.17, 15) is 13.2 Å². The first-order chi connectivity index (χ1) is 9.31. The number of carboxylic acids is 1. The molecule has 0 saturated carbocycles. The fraction of sp³-hybridized carbons (Fsp3) is 0.0909. The average molecular weight is 336 g/mol. The Labute approximate surface area is 123 Å². The summed E-state index contributed by atoms with van der Waals surface area (Å²) in [6.45, 7) is 0.